The highest BCUT2D eigenvalue weighted by molar-refractivity contribution is 6.33. The molecule has 0 N–H and O–H groups in total. The van der Waals surface area contributed by atoms with Crippen LogP contribution in [-0.4, -0.2) is 11.9 Å². The summed E-state index contributed by atoms with van der Waals surface area (Å²) >= 11 is 6.28. The third-order valence-corrected chi connectivity index (χ3v) is 5.92. The number of aryl methyl sites for hydroxylation is 2. The SMILES string of the molecule is CCCCCCCCc1ccc(OC(=O)c2ccc(OC(=O)c3ccc(C)cc3)cc2Cl)cc1. The molecule has 3 rings (SSSR count). The number of hydrogen-bond donors (Lipinski definition) is 0. The minimum atomic E-state index is -0.565. The first-order valence-corrected chi connectivity index (χ1v) is 12.2. The van der Waals surface area contributed by atoms with Crippen molar-refractivity contribution in [1.29, 1.82) is 0 Å². The average Bonchev–Trinajstić information content (AvgIpc) is 2.82. The number of carbonyl (C=O) groups excluding carboxylic acids is 2. The van der Waals surface area contributed by atoms with Crippen LogP contribution in [0.5, 0.6) is 11.5 Å². The van der Waals surface area contributed by atoms with Gasteiger partial charge in [0.25, 0.3) is 0 Å². The zero-order valence-electron chi connectivity index (χ0n) is 19.8. The standard InChI is InChI=1S/C29H31ClO4/c1-3-4-5-6-7-8-9-22-12-16-24(17-13-22)33-29(32)26-19-18-25(20-27(26)30)34-28(31)23-14-10-21(2)11-15-23/h10-20H,3-9H2,1-2H3. The van der Waals surface area contributed by atoms with Gasteiger partial charge < -0.3 is 9.47 Å². The number of halogens is 1. The van der Waals surface area contributed by atoms with E-state index in [0.29, 0.717) is 11.3 Å². The molecule has 34 heavy (non-hydrogen) atoms. The molecule has 0 aliphatic carbocycles. The number of carbonyl (C=O) groups is 2. The molecule has 0 heterocycles. The lowest BCUT2D eigenvalue weighted by Gasteiger charge is -2.09. The van der Waals surface area contributed by atoms with Gasteiger partial charge in [-0.05, 0) is 61.7 Å². The Hall–Kier alpha value is -3.11. The minimum absolute atomic E-state index is 0.152. The molecule has 4 nitrogen and oxygen atoms in total. The van der Waals surface area contributed by atoms with Gasteiger partial charge in [-0.15, -0.1) is 0 Å². The Morgan fingerprint density at radius 1 is 0.735 bits per heavy atom. The van der Waals surface area contributed by atoms with Crippen LogP contribution in [0.15, 0.2) is 66.7 Å². The van der Waals surface area contributed by atoms with Crippen molar-refractivity contribution in [1.82, 2.24) is 0 Å². The quantitative estimate of drug-likeness (QED) is 0.159. The van der Waals surface area contributed by atoms with Crippen molar-refractivity contribution in [3.8, 4) is 11.5 Å². The molecule has 0 aliphatic heterocycles. The lowest BCUT2D eigenvalue weighted by atomic mass is 10.0. The Morgan fingerprint density at radius 3 is 2.03 bits per heavy atom. The van der Waals surface area contributed by atoms with Crippen molar-refractivity contribution >= 4 is 23.5 Å². The molecule has 0 radical (unpaired) electrons. The van der Waals surface area contributed by atoms with Gasteiger partial charge in [-0.2, -0.15) is 0 Å². The maximum absolute atomic E-state index is 12.6. The van der Waals surface area contributed by atoms with Crippen molar-refractivity contribution in [3.05, 3.63) is 94.0 Å². The summed E-state index contributed by atoms with van der Waals surface area (Å²) < 4.78 is 10.8. The molecule has 0 spiro atoms. The predicted molar refractivity (Wildman–Crippen MR) is 136 cm³/mol. The van der Waals surface area contributed by atoms with E-state index in [4.69, 9.17) is 21.1 Å². The van der Waals surface area contributed by atoms with Gasteiger partial charge in [0.1, 0.15) is 11.5 Å². The van der Waals surface area contributed by atoms with Crippen LogP contribution in [0.25, 0.3) is 0 Å². The fraction of sp³-hybridized carbons (Fsp3) is 0.310. The van der Waals surface area contributed by atoms with Gasteiger partial charge >= 0.3 is 11.9 Å². The summed E-state index contributed by atoms with van der Waals surface area (Å²) in [5.74, 6) is -0.341. The van der Waals surface area contributed by atoms with E-state index in [1.807, 2.05) is 31.2 Å². The molecular weight excluding hydrogens is 448 g/mol. The van der Waals surface area contributed by atoms with Gasteiger partial charge in [-0.25, -0.2) is 9.59 Å². The van der Waals surface area contributed by atoms with Crippen LogP contribution < -0.4 is 9.47 Å². The van der Waals surface area contributed by atoms with Crippen LogP contribution in [0.2, 0.25) is 5.02 Å². The average molecular weight is 479 g/mol. The highest BCUT2D eigenvalue weighted by atomic mass is 35.5. The van der Waals surface area contributed by atoms with Crippen LogP contribution in [0.3, 0.4) is 0 Å². The second-order valence-electron chi connectivity index (χ2n) is 8.45. The van der Waals surface area contributed by atoms with E-state index in [2.05, 4.69) is 6.92 Å². The van der Waals surface area contributed by atoms with Crippen molar-refractivity contribution in [3.63, 3.8) is 0 Å². The number of unbranched alkanes of at least 4 members (excludes halogenated alkanes) is 5. The van der Waals surface area contributed by atoms with Gasteiger partial charge in [0.05, 0.1) is 16.1 Å². The van der Waals surface area contributed by atoms with Gasteiger partial charge in [-0.1, -0.05) is 80.5 Å². The topological polar surface area (TPSA) is 52.6 Å². The zero-order chi connectivity index (χ0) is 24.3. The molecule has 178 valence electrons. The smallest absolute Gasteiger partial charge is 0.345 e. The summed E-state index contributed by atoms with van der Waals surface area (Å²) in [4.78, 5) is 24.9. The molecule has 0 atom stereocenters. The maximum atomic E-state index is 12.6. The van der Waals surface area contributed by atoms with Crippen LogP contribution in [0.1, 0.15) is 77.3 Å². The summed E-state index contributed by atoms with van der Waals surface area (Å²) in [7, 11) is 0. The van der Waals surface area contributed by atoms with Crippen molar-refractivity contribution in [2.24, 2.45) is 0 Å². The number of hydrogen-bond acceptors (Lipinski definition) is 4. The zero-order valence-corrected chi connectivity index (χ0v) is 20.6. The van der Waals surface area contributed by atoms with Crippen molar-refractivity contribution in [2.75, 3.05) is 0 Å². The minimum Gasteiger partial charge on any atom is -0.423 e. The van der Waals surface area contributed by atoms with Crippen molar-refractivity contribution < 1.29 is 19.1 Å². The van der Waals surface area contributed by atoms with Crippen LogP contribution in [0, 0.1) is 6.92 Å². The Kier molecular flexibility index (Phi) is 9.72. The van der Waals surface area contributed by atoms with E-state index in [1.54, 1.807) is 24.3 Å². The molecule has 0 fully saturated rings. The normalized spacial score (nSPS) is 10.7. The van der Waals surface area contributed by atoms with Gasteiger partial charge in [0.15, 0.2) is 0 Å². The highest BCUT2D eigenvalue weighted by Crippen LogP contribution is 2.25. The Labute approximate surface area is 206 Å². The summed E-state index contributed by atoms with van der Waals surface area (Å²) in [6, 6.07) is 19.1. The van der Waals surface area contributed by atoms with Crippen LogP contribution in [-0.2, 0) is 6.42 Å². The van der Waals surface area contributed by atoms with Gasteiger partial charge in [0.2, 0.25) is 0 Å². The van der Waals surface area contributed by atoms with Crippen LogP contribution in [0.4, 0.5) is 0 Å². The molecule has 0 amide bonds. The lowest BCUT2D eigenvalue weighted by molar-refractivity contribution is 0.0730. The Bertz CT molecular complexity index is 1090. The summed E-state index contributed by atoms with van der Waals surface area (Å²) in [6.07, 6.45) is 8.60. The van der Waals surface area contributed by atoms with Gasteiger partial charge in [-0.3, -0.25) is 0 Å². The second kappa shape index (κ2) is 13.0. The number of benzene rings is 3. The van der Waals surface area contributed by atoms with E-state index in [0.717, 1.165) is 12.0 Å². The first-order valence-electron chi connectivity index (χ1n) is 11.9. The first kappa shape index (κ1) is 25.5. The lowest BCUT2D eigenvalue weighted by Crippen LogP contribution is -2.11. The summed E-state index contributed by atoms with van der Waals surface area (Å²) in [5.41, 5.74) is 2.92. The monoisotopic (exact) mass is 478 g/mol. The van der Waals surface area contributed by atoms with E-state index in [1.165, 1.54) is 62.3 Å². The highest BCUT2D eigenvalue weighted by Gasteiger charge is 2.16. The Balaban J connectivity index is 1.52. The fourth-order valence-corrected chi connectivity index (χ4v) is 3.82. The first-order chi connectivity index (χ1) is 16.5. The molecule has 0 saturated carbocycles. The van der Waals surface area contributed by atoms with Gasteiger partial charge in [0, 0.05) is 6.07 Å². The summed E-state index contributed by atoms with van der Waals surface area (Å²) in [6.45, 7) is 4.17. The number of rotatable bonds is 11. The van der Waals surface area contributed by atoms with E-state index >= 15 is 0 Å². The van der Waals surface area contributed by atoms with Crippen LogP contribution >= 0.6 is 11.6 Å². The molecule has 0 aliphatic rings. The third-order valence-electron chi connectivity index (χ3n) is 5.61. The molecule has 5 heteroatoms. The molecule has 0 bridgehead atoms. The number of esters is 2. The molecule has 0 unspecified atom stereocenters. The molecular formula is C29H31ClO4. The third kappa shape index (κ3) is 7.74. The van der Waals surface area contributed by atoms with E-state index in [9.17, 15) is 9.59 Å². The fourth-order valence-electron chi connectivity index (χ4n) is 3.58. The predicted octanol–water partition coefficient (Wildman–Crippen LogP) is 7.99. The molecule has 3 aromatic rings. The van der Waals surface area contributed by atoms with E-state index < -0.39 is 11.9 Å². The maximum Gasteiger partial charge on any atom is 0.345 e. The molecule has 3 aromatic carbocycles. The number of ether oxygens (including phenoxy) is 2. The second-order valence-corrected chi connectivity index (χ2v) is 8.86. The Morgan fingerprint density at radius 2 is 1.35 bits per heavy atom. The molecule has 0 aromatic heterocycles. The summed E-state index contributed by atoms with van der Waals surface area (Å²) in [5, 5.41) is 0.152. The van der Waals surface area contributed by atoms with E-state index in [-0.39, 0.29) is 16.3 Å². The molecule has 0 saturated heterocycles. The van der Waals surface area contributed by atoms with Crippen molar-refractivity contribution in [2.45, 2.75) is 58.8 Å². The largest absolute Gasteiger partial charge is 0.423 e.